The summed E-state index contributed by atoms with van der Waals surface area (Å²) in [4.78, 5) is 24.3. The maximum atomic E-state index is 12.8. The molecule has 0 aliphatic carbocycles. The Kier molecular flexibility index (Phi) is 6.15. The predicted molar refractivity (Wildman–Crippen MR) is 73.5 cm³/mol. The average Bonchev–Trinajstić information content (AvgIpc) is 2.39. The summed E-state index contributed by atoms with van der Waals surface area (Å²) in [7, 11) is 0. The molecule has 0 heterocycles. The van der Waals surface area contributed by atoms with Gasteiger partial charge >= 0.3 is 5.97 Å². The number of carboxylic acids is 1. The van der Waals surface area contributed by atoms with Gasteiger partial charge in [-0.05, 0) is 23.6 Å². The fourth-order valence-corrected chi connectivity index (χ4v) is 1.78. The molecule has 1 unspecified atom stereocenters. The molecule has 20 heavy (non-hydrogen) atoms. The zero-order valence-corrected chi connectivity index (χ0v) is 11.8. The topological polar surface area (TPSA) is 57.6 Å². The summed E-state index contributed by atoms with van der Waals surface area (Å²) in [5.41, 5.74) is 0.713. The molecule has 0 saturated carbocycles. The van der Waals surface area contributed by atoms with Gasteiger partial charge < -0.3 is 10.0 Å². The second-order valence-electron chi connectivity index (χ2n) is 4.99. The van der Waals surface area contributed by atoms with Crippen LogP contribution in [0.2, 0.25) is 0 Å². The van der Waals surface area contributed by atoms with Gasteiger partial charge in [-0.3, -0.25) is 9.59 Å². The third kappa shape index (κ3) is 5.38. The van der Waals surface area contributed by atoms with Crippen molar-refractivity contribution in [2.75, 3.05) is 6.54 Å². The third-order valence-corrected chi connectivity index (χ3v) is 3.19. The smallest absolute Gasteiger partial charge is 0.323 e. The fourth-order valence-electron chi connectivity index (χ4n) is 1.78. The SMILES string of the molecule is CCC(C)CC(=O)N(CC(=O)O)Cc1ccc(F)cc1. The zero-order chi connectivity index (χ0) is 15.1. The zero-order valence-electron chi connectivity index (χ0n) is 11.8. The van der Waals surface area contributed by atoms with Crippen LogP contribution in [-0.2, 0) is 16.1 Å². The van der Waals surface area contributed by atoms with Crippen molar-refractivity contribution in [1.29, 1.82) is 0 Å². The summed E-state index contributed by atoms with van der Waals surface area (Å²) in [6.45, 7) is 3.78. The van der Waals surface area contributed by atoms with E-state index < -0.39 is 5.97 Å². The van der Waals surface area contributed by atoms with E-state index in [9.17, 15) is 14.0 Å². The van der Waals surface area contributed by atoms with Crippen molar-refractivity contribution >= 4 is 11.9 Å². The highest BCUT2D eigenvalue weighted by atomic mass is 19.1. The Morgan fingerprint density at radius 1 is 1.30 bits per heavy atom. The lowest BCUT2D eigenvalue weighted by molar-refractivity contribution is -0.145. The van der Waals surface area contributed by atoms with Gasteiger partial charge in [-0.2, -0.15) is 0 Å². The van der Waals surface area contributed by atoms with E-state index in [0.717, 1.165) is 6.42 Å². The van der Waals surface area contributed by atoms with Crippen LogP contribution in [0.4, 0.5) is 4.39 Å². The van der Waals surface area contributed by atoms with Crippen LogP contribution >= 0.6 is 0 Å². The molecule has 0 aliphatic rings. The number of carboxylic acid groups (broad SMARTS) is 1. The van der Waals surface area contributed by atoms with Crippen molar-refractivity contribution in [2.24, 2.45) is 5.92 Å². The van der Waals surface area contributed by atoms with Gasteiger partial charge in [0.1, 0.15) is 12.4 Å². The predicted octanol–water partition coefficient (Wildman–Crippen LogP) is 2.68. The van der Waals surface area contributed by atoms with Crippen LogP contribution in [0.15, 0.2) is 24.3 Å². The van der Waals surface area contributed by atoms with E-state index in [1.165, 1.54) is 17.0 Å². The van der Waals surface area contributed by atoms with Crippen molar-refractivity contribution in [3.63, 3.8) is 0 Å². The molecule has 0 aliphatic heterocycles. The lowest BCUT2D eigenvalue weighted by Gasteiger charge is -2.22. The first-order valence-corrected chi connectivity index (χ1v) is 6.66. The largest absolute Gasteiger partial charge is 0.480 e. The average molecular weight is 281 g/mol. The number of hydrogen-bond donors (Lipinski definition) is 1. The standard InChI is InChI=1S/C15H20FNO3/c1-3-11(2)8-14(18)17(10-15(19)20)9-12-4-6-13(16)7-5-12/h4-7,11H,3,8-10H2,1-2H3,(H,19,20). The van der Waals surface area contributed by atoms with Crippen LogP contribution in [0.1, 0.15) is 32.3 Å². The van der Waals surface area contributed by atoms with Gasteiger partial charge in [0.25, 0.3) is 0 Å². The van der Waals surface area contributed by atoms with Crippen molar-refractivity contribution < 1.29 is 19.1 Å². The summed E-state index contributed by atoms with van der Waals surface area (Å²) in [6.07, 6.45) is 1.19. The first-order valence-electron chi connectivity index (χ1n) is 6.66. The molecule has 0 spiro atoms. The first kappa shape index (κ1) is 16.1. The van der Waals surface area contributed by atoms with Gasteiger partial charge in [-0.25, -0.2) is 4.39 Å². The number of hydrogen-bond acceptors (Lipinski definition) is 2. The van der Waals surface area contributed by atoms with Gasteiger partial charge in [0.15, 0.2) is 0 Å². The van der Waals surface area contributed by atoms with Crippen LogP contribution in [0.3, 0.4) is 0 Å². The molecule has 110 valence electrons. The molecule has 1 aromatic rings. The summed E-state index contributed by atoms with van der Waals surface area (Å²) < 4.78 is 12.8. The molecule has 1 atom stereocenters. The number of halogens is 1. The van der Waals surface area contributed by atoms with Crippen LogP contribution < -0.4 is 0 Å². The van der Waals surface area contributed by atoms with E-state index in [1.54, 1.807) is 12.1 Å². The minimum absolute atomic E-state index is 0.182. The number of carbonyl (C=O) groups excluding carboxylic acids is 1. The molecule has 0 radical (unpaired) electrons. The summed E-state index contributed by atoms with van der Waals surface area (Å²) in [5.74, 6) is -1.38. The van der Waals surface area contributed by atoms with Gasteiger partial charge in [0.2, 0.25) is 5.91 Å². The van der Waals surface area contributed by atoms with E-state index in [-0.39, 0.29) is 30.7 Å². The minimum atomic E-state index is -1.05. The number of benzene rings is 1. The molecule has 1 amide bonds. The molecule has 5 heteroatoms. The lowest BCUT2D eigenvalue weighted by Crippen LogP contribution is -2.35. The molecule has 0 fully saturated rings. The van der Waals surface area contributed by atoms with Crippen LogP contribution in [-0.4, -0.2) is 28.4 Å². The maximum absolute atomic E-state index is 12.8. The minimum Gasteiger partial charge on any atom is -0.480 e. The quantitative estimate of drug-likeness (QED) is 0.836. The highest BCUT2D eigenvalue weighted by Gasteiger charge is 2.18. The Morgan fingerprint density at radius 2 is 1.90 bits per heavy atom. The van der Waals surface area contributed by atoms with Crippen LogP contribution in [0.5, 0.6) is 0 Å². The van der Waals surface area contributed by atoms with E-state index in [1.807, 2.05) is 13.8 Å². The molecule has 1 rings (SSSR count). The van der Waals surface area contributed by atoms with E-state index in [2.05, 4.69) is 0 Å². The van der Waals surface area contributed by atoms with Crippen LogP contribution in [0, 0.1) is 11.7 Å². The number of aliphatic carboxylic acids is 1. The number of rotatable bonds is 7. The Balaban J connectivity index is 2.75. The van der Waals surface area contributed by atoms with Gasteiger partial charge in [0.05, 0.1) is 0 Å². The molecule has 0 bridgehead atoms. The monoisotopic (exact) mass is 281 g/mol. The summed E-state index contributed by atoms with van der Waals surface area (Å²) in [6, 6.07) is 5.71. The van der Waals surface area contributed by atoms with Crippen LogP contribution in [0.25, 0.3) is 0 Å². The first-order chi connectivity index (χ1) is 9.42. The van der Waals surface area contributed by atoms with Gasteiger partial charge in [-0.15, -0.1) is 0 Å². The molecule has 0 saturated heterocycles. The molecule has 1 aromatic carbocycles. The molecular weight excluding hydrogens is 261 g/mol. The highest BCUT2D eigenvalue weighted by molar-refractivity contribution is 5.81. The fraction of sp³-hybridized carbons (Fsp3) is 0.467. The second kappa shape index (κ2) is 7.62. The Labute approximate surface area is 118 Å². The number of amides is 1. The van der Waals surface area contributed by atoms with Crippen molar-refractivity contribution in [1.82, 2.24) is 4.90 Å². The van der Waals surface area contributed by atoms with Gasteiger partial charge in [0, 0.05) is 13.0 Å². The third-order valence-electron chi connectivity index (χ3n) is 3.19. The van der Waals surface area contributed by atoms with E-state index in [0.29, 0.717) is 12.0 Å². The Bertz CT molecular complexity index is 459. The lowest BCUT2D eigenvalue weighted by atomic mass is 10.0. The second-order valence-corrected chi connectivity index (χ2v) is 4.99. The van der Waals surface area contributed by atoms with Crippen molar-refractivity contribution in [3.8, 4) is 0 Å². The van der Waals surface area contributed by atoms with Gasteiger partial charge in [-0.1, -0.05) is 32.4 Å². The van der Waals surface area contributed by atoms with E-state index >= 15 is 0 Å². The normalized spacial score (nSPS) is 11.9. The molecule has 1 N–H and O–H groups in total. The van der Waals surface area contributed by atoms with Crippen molar-refractivity contribution in [3.05, 3.63) is 35.6 Å². The Morgan fingerprint density at radius 3 is 2.40 bits per heavy atom. The maximum Gasteiger partial charge on any atom is 0.323 e. The molecule has 0 aromatic heterocycles. The number of nitrogens with zero attached hydrogens (tertiary/aromatic N) is 1. The van der Waals surface area contributed by atoms with E-state index in [4.69, 9.17) is 5.11 Å². The number of carbonyl (C=O) groups is 2. The van der Waals surface area contributed by atoms with Crippen molar-refractivity contribution in [2.45, 2.75) is 33.2 Å². The molecule has 4 nitrogen and oxygen atoms in total. The summed E-state index contributed by atoms with van der Waals surface area (Å²) >= 11 is 0. The molecular formula is C15H20FNO3. The highest BCUT2D eigenvalue weighted by Crippen LogP contribution is 2.12. The Hall–Kier alpha value is -1.91. The summed E-state index contributed by atoms with van der Waals surface area (Å²) in [5, 5.41) is 8.89.